The van der Waals surface area contributed by atoms with Gasteiger partial charge in [-0.25, -0.2) is 4.79 Å². The fraction of sp³-hybridized carbons (Fsp3) is 0.562. The molecule has 1 aliphatic carbocycles. The first kappa shape index (κ1) is 30.4. The SMILES string of the molecule is CCOc1cc(CNC(=O)[C@@]2(C3CC3)CC[C@@H](N3CC[C@H](c4cccc(C(=O)O)c4)[C@@H](C)C3)CO2)cc(C(F)(F)F)c1. The minimum absolute atomic E-state index is 0.0435. The van der Waals surface area contributed by atoms with Crippen molar-refractivity contribution in [3.05, 3.63) is 64.7 Å². The summed E-state index contributed by atoms with van der Waals surface area (Å²) < 4.78 is 52.0. The third kappa shape index (κ3) is 6.59. The number of nitrogens with one attached hydrogen (secondary N) is 1. The van der Waals surface area contributed by atoms with Gasteiger partial charge in [0, 0.05) is 19.1 Å². The number of ether oxygens (including phenoxy) is 2. The Morgan fingerprint density at radius 3 is 2.55 bits per heavy atom. The Hall–Kier alpha value is -3.11. The van der Waals surface area contributed by atoms with Crippen molar-refractivity contribution in [3.63, 3.8) is 0 Å². The number of likely N-dealkylation sites (tertiary alicyclic amines) is 1. The summed E-state index contributed by atoms with van der Waals surface area (Å²) in [7, 11) is 0. The van der Waals surface area contributed by atoms with Crippen molar-refractivity contribution in [1.82, 2.24) is 10.2 Å². The second-order valence-corrected chi connectivity index (χ2v) is 11.9. The Bertz CT molecular complexity index is 1290. The standard InChI is InChI=1S/C32H39F3N2O5/c1-3-41-27-14-21(13-25(16-27)32(33,34)35)17-36-30(40)31(24-7-8-24)11-9-26(19-42-31)37-12-10-28(20(2)18-37)22-5-4-6-23(15-22)29(38)39/h4-6,13-16,20,24,26,28H,3,7-12,17-19H2,1-2H3,(H,36,40)(H,38,39)/t20-,26+,28-,31-/m0/s1. The summed E-state index contributed by atoms with van der Waals surface area (Å²) in [5.74, 6) is -0.336. The summed E-state index contributed by atoms with van der Waals surface area (Å²) >= 11 is 0. The summed E-state index contributed by atoms with van der Waals surface area (Å²) in [4.78, 5) is 27.4. The topological polar surface area (TPSA) is 88.1 Å². The predicted molar refractivity (Wildman–Crippen MR) is 150 cm³/mol. The van der Waals surface area contributed by atoms with E-state index in [1.54, 1.807) is 25.1 Å². The van der Waals surface area contributed by atoms with E-state index in [1.807, 2.05) is 6.07 Å². The molecule has 1 saturated carbocycles. The second kappa shape index (κ2) is 12.2. The van der Waals surface area contributed by atoms with Crippen LogP contribution in [0.1, 0.15) is 78.9 Å². The van der Waals surface area contributed by atoms with E-state index in [4.69, 9.17) is 9.47 Å². The molecule has 0 radical (unpaired) electrons. The highest BCUT2D eigenvalue weighted by molar-refractivity contribution is 5.87. The van der Waals surface area contributed by atoms with E-state index in [2.05, 4.69) is 17.1 Å². The van der Waals surface area contributed by atoms with Crippen LogP contribution in [-0.2, 0) is 22.3 Å². The van der Waals surface area contributed by atoms with Crippen LogP contribution < -0.4 is 10.1 Å². The monoisotopic (exact) mass is 588 g/mol. The van der Waals surface area contributed by atoms with Crippen LogP contribution in [-0.4, -0.2) is 59.8 Å². The molecule has 7 nitrogen and oxygen atoms in total. The molecule has 42 heavy (non-hydrogen) atoms. The van der Waals surface area contributed by atoms with Gasteiger partial charge in [-0.05, 0) is 105 Å². The average Bonchev–Trinajstić information content (AvgIpc) is 3.82. The molecule has 4 atom stereocenters. The van der Waals surface area contributed by atoms with Crippen LogP contribution in [0.5, 0.6) is 5.75 Å². The first-order chi connectivity index (χ1) is 20.0. The molecule has 0 unspecified atom stereocenters. The summed E-state index contributed by atoms with van der Waals surface area (Å²) in [6.07, 6.45) is -0.446. The van der Waals surface area contributed by atoms with E-state index in [0.717, 1.165) is 56.5 Å². The molecule has 0 spiro atoms. The average molecular weight is 589 g/mol. The lowest BCUT2D eigenvalue weighted by molar-refractivity contribution is -0.166. The van der Waals surface area contributed by atoms with E-state index in [-0.39, 0.29) is 42.7 Å². The number of halogens is 3. The summed E-state index contributed by atoms with van der Waals surface area (Å²) in [5.41, 5.74) is -0.0750. The van der Waals surface area contributed by atoms with Crippen LogP contribution in [0.4, 0.5) is 13.2 Å². The molecule has 5 rings (SSSR count). The smallest absolute Gasteiger partial charge is 0.416 e. The van der Waals surface area contributed by atoms with Crippen LogP contribution in [0.15, 0.2) is 42.5 Å². The maximum Gasteiger partial charge on any atom is 0.416 e. The van der Waals surface area contributed by atoms with Crippen LogP contribution in [0.25, 0.3) is 0 Å². The number of amides is 1. The number of nitrogens with zero attached hydrogens (tertiary/aromatic N) is 1. The molecule has 2 aromatic carbocycles. The zero-order valence-electron chi connectivity index (χ0n) is 24.1. The molecular formula is C32H39F3N2O5. The van der Waals surface area contributed by atoms with Gasteiger partial charge in [0.2, 0.25) is 0 Å². The van der Waals surface area contributed by atoms with Gasteiger partial charge in [-0.15, -0.1) is 0 Å². The van der Waals surface area contributed by atoms with Crippen molar-refractivity contribution < 1.29 is 37.3 Å². The van der Waals surface area contributed by atoms with Gasteiger partial charge in [-0.1, -0.05) is 19.1 Å². The first-order valence-electron chi connectivity index (χ1n) is 14.8. The molecule has 0 bridgehead atoms. The molecule has 3 fully saturated rings. The van der Waals surface area contributed by atoms with Crippen LogP contribution in [0.2, 0.25) is 0 Å². The lowest BCUT2D eigenvalue weighted by atomic mass is 9.79. The Kier molecular flexibility index (Phi) is 8.85. The summed E-state index contributed by atoms with van der Waals surface area (Å²) in [6.45, 7) is 6.24. The molecule has 0 aromatic heterocycles. The molecule has 228 valence electrons. The van der Waals surface area contributed by atoms with Crippen molar-refractivity contribution in [2.24, 2.45) is 11.8 Å². The van der Waals surface area contributed by atoms with E-state index in [9.17, 15) is 27.9 Å². The van der Waals surface area contributed by atoms with E-state index < -0.39 is 23.3 Å². The second-order valence-electron chi connectivity index (χ2n) is 11.9. The molecule has 2 N–H and O–H groups in total. The molecule has 1 amide bonds. The maximum absolute atomic E-state index is 13.5. The molecule has 2 aliphatic heterocycles. The molecule has 3 aliphatic rings. The molecule has 2 saturated heterocycles. The molecule has 10 heteroatoms. The maximum atomic E-state index is 13.5. The zero-order valence-corrected chi connectivity index (χ0v) is 24.1. The molecular weight excluding hydrogens is 549 g/mol. The van der Waals surface area contributed by atoms with Gasteiger partial charge in [0.15, 0.2) is 0 Å². The van der Waals surface area contributed by atoms with Gasteiger partial charge in [-0.3, -0.25) is 9.69 Å². The number of carboxylic acids is 1. The number of carbonyl (C=O) groups is 2. The minimum Gasteiger partial charge on any atom is -0.494 e. The van der Waals surface area contributed by atoms with Crippen LogP contribution in [0, 0.1) is 11.8 Å². The fourth-order valence-electron chi connectivity index (χ4n) is 6.72. The number of carboxylic acid groups (broad SMARTS) is 1. The van der Waals surface area contributed by atoms with Crippen molar-refractivity contribution in [3.8, 4) is 5.75 Å². The van der Waals surface area contributed by atoms with Crippen LogP contribution in [0.3, 0.4) is 0 Å². The highest BCUT2D eigenvalue weighted by Gasteiger charge is 2.54. The largest absolute Gasteiger partial charge is 0.494 e. The van der Waals surface area contributed by atoms with Gasteiger partial charge in [0.1, 0.15) is 11.4 Å². The number of aromatic carboxylic acids is 1. The van der Waals surface area contributed by atoms with Crippen molar-refractivity contribution in [2.45, 2.75) is 76.2 Å². The molecule has 2 heterocycles. The number of carbonyl (C=O) groups excluding carboxylic acids is 1. The quantitative estimate of drug-likeness (QED) is 0.381. The van der Waals surface area contributed by atoms with E-state index in [1.165, 1.54) is 6.07 Å². The number of benzene rings is 2. The number of hydrogen-bond acceptors (Lipinski definition) is 5. The number of rotatable bonds is 9. The summed E-state index contributed by atoms with van der Waals surface area (Å²) in [6, 6.07) is 10.9. The normalized spacial score (nSPS) is 26.9. The zero-order chi connectivity index (χ0) is 30.1. The van der Waals surface area contributed by atoms with Crippen molar-refractivity contribution >= 4 is 11.9 Å². The third-order valence-electron chi connectivity index (χ3n) is 9.08. The van der Waals surface area contributed by atoms with Gasteiger partial charge in [0.25, 0.3) is 5.91 Å². The third-order valence-corrected chi connectivity index (χ3v) is 9.08. The highest BCUT2D eigenvalue weighted by Crippen LogP contribution is 2.47. The van der Waals surface area contributed by atoms with Crippen LogP contribution >= 0.6 is 0 Å². The predicted octanol–water partition coefficient (Wildman–Crippen LogP) is 5.87. The number of hydrogen-bond donors (Lipinski definition) is 2. The van der Waals surface area contributed by atoms with Gasteiger partial charge >= 0.3 is 12.1 Å². The van der Waals surface area contributed by atoms with Gasteiger partial charge < -0.3 is 19.9 Å². The number of alkyl halides is 3. The summed E-state index contributed by atoms with van der Waals surface area (Å²) in [5, 5.41) is 12.3. The minimum atomic E-state index is -4.52. The Balaban J connectivity index is 1.20. The molecule has 2 aromatic rings. The van der Waals surface area contributed by atoms with Gasteiger partial charge in [-0.2, -0.15) is 13.2 Å². The van der Waals surface area contributed by atoms with Crippen molar-refractivity contribution in [2.75, 3.05) is 26.3 Å². The Labute approximate surface area is 244 Å². The lowest BCUT2D eigenvalue weighted by Gasteiger charge is -2.46. The highest BCUT2D eigenvalue weighted by atomic mass is 19.4. The van der Waals surface area contributed by atoms with E-state index in [0.29, 0.717) is 30.1 Å². The van der Waals surface area contributed by atoms with Gasteiger partial charge in [0.05, 0.1) is 24.3 Å². The number of piperidine rings is 1. The Morgan fingerprint density at radius 2 is 1.93 bits per heavy atom. The first-order valence-corrected chi connectivity index (χ1v) is 14.8. The Morgan fingerprint density at radius 1 is 1.14 bits per heavy atom. The van der Waals surface area contributed by atoms with Crippen molar-refractivity contribution in [1.29, 1.82) is 0 Å². The fourth-order valence-corrected chi connectivity index (χ4v) is 6.72. The lowest BCUT2D eigenvalue weighted by Crippen LogP contribution is -2.57. The van der Waals surface area contributed by atoms with E-state index >= 15 is 0 Å².